The fourth-order valence-electron chi connectivity index (χ4n) is 2.86. The Kier molecular flexibility index (Phi) is 5.44. The number of ether oxygens (including phenoxy) is 1. The first-order valence-corrected chi connectivity index (χ1v) is 6.87. The molecule has 0 saturated heterocycles. The van der Waals surface area contributed by atoms with Crippen molar-refractivity contribution in [2.24, 2.45) is 11.8 Å². The van der Waals surface area contributed by atoms with Crippen LogP contribution in [-0.2, 0) is 9.53 Å². The Morgan fingerprint density at radius 2 is 2.00 bits per heavy atom. The monoisotopic (exact) mass is 241 g/mol. The van der Waals surface area contributed by atoms with Crippen LogP contribution in [-0.4, -0.2) is 25.2 Å². The molecule has 0 heterocycles. The van der Waals surface area contributed by atoms with Crippen LogP contribution in [0.3, 0.4) is 0 Å². The van der Waals surface area contributed by atoms with E-state index in [1.807, 2.05) is 14.0 Å². The summed E-state index contributed by atoms with van der Waals surface area (Å²) in [5.41, 5.74) is -0.0162. The van der Waals surface area contributed by atoms with Crippen LogP contribution in [0.2, 0.25) is 0 Å². The second-order valence-electron chi connectivity index (χ2n) is 5.59. The summed E-state index contributed by atoms with van der Waals surface area (Å²) in [6, 6.07) is 0. The number of nitrogens with one attached hydrogen (secondary N) is 1. The number of carbonyl (C=O) groups is 1. The predicted octanol–water partition coefficient (Wildman–Crippen LogP) is 2.74. The normalized spacial score (nSPS) is 29.4. The molecule has 17 heavy (non-hydrogen) atoms. The third-order valence-corrected chi connectivity index (χ3v) is 4.25. The first kappa shape index (κ1) is 14.5. The van der Waals surface area contributed by atoms with Crippen LogP contribution in [0.25, 0.3) is 0 Å². The van der Waals surface area contributed by atoms with Gasteiger partial charge in [-0.1, -0.05) is 13.8 Å². The minimum absolute atomic E-state index is 0.0162. The summed E-state index contributed by atoms with van der Waals surface area (Å²) in [5, 5.41) is 3.37. The van der Waals surface area contributed by atoms with Crippen LogP contribution in [0.1, 0.15) is 52.9 Å². The van der Waals surface area contributed by atoms with E-state index in [1.54, 1.807) is 0 Å². The molecule has 0 bridgehead atoms. The van der Waals surface area contributed by atoms with Crippen LogP contribution in [0.4, 0.5) is 0 Å². The minimum Gasteiger partial charge on any atom is -0.466 e. The Hall–Kier alpha value is -0.570. The van der Waals surface area contributed by atoms with E-state index in [0.29, 0.717) is 13.0 Å². The average Bonchev–Trinajstić information content (AvgIpc) is 2.30. The van der Waals surface area contributed by atoms with Crippen molar-refractivity contribution in [3.8, 4) is 0 Å². The topological polar surface area (TPSA) is 38.3 Å². The summed E-state index contributed by atoms with van der Waals surface area (Å²) in [6.07, 6.45) is 5.13. The highest BCUT2D eigenvalue weighted by molar-refractivity contribution is 5.70. The van der Waals surface area contributed by atoms with Gasteiger partial charge in [0.25, 0.3) is 0 Å². The number of rotatable bonds is 5. The molecule has 1 saturated carbocycles. The molecule has 1 fully saturated rings. The Morgan fingerprint density at radius 3 is 2.41 bits per heavy atom. The molecule has 3 nitrogen and oxygen atoms in total. The second-order valence-corrected chi connectivity index (χ2v) is 5.59. The first-order chi connectivity index (χ1) is 8.03. The molecule has 3 heteroatoms. The van der Waals surface area contributed by atoms with Gasteiger partial charge in [-0.05, 0) is 51.5 Å². The van der Waals surface area contributed by atoms with Crippen LogP contribution in [0.15, 0.2) is 0 Å². The van der Waals surface area contributed by atoms with Gasteiger partial charge < -0.3 is 10.1 Å². The highest BCUT2D eigenvalue weighted by atomic mass is 16.5. The van der Waals surface area contributed by atoms with Gasteiger partial charge >= 0.3 is 5.97 Å². The molecule has 0 aromatic carbocycles. The van der Waals surface area contributed by atoms with Crippen molar-refractivity contribution >= 4 is 5.97 Å². The summed E-state index contributed by atoms with van der Waals surface area (Å²) < 4.78 is 5.07. The Labute approximate surface area is 105 Å². The highest BCUT2D eigenvalue weighted by Gasteiger charge is 2.36. The fourth-order valence-corrected chi connectivity index (χ4v) is 2.86. The summed E-state index contributed by atoms with van der Waals surface area (Å²) >= 11 is 0. The molecule has 0 atom stereocenters. The van der Waals surface area contributed by atoms with Gasteiger partial charge in [-0.3, -0.25) is 4.79 Å². The zero-order valence-electron chi connectivity index (χ0n) is 11.7. The average molecular weight is 241 g/mol. The molecule has 1 N–H and O–H groups in total. The lowest BCUT2D eigenvalue weighted by atomic mass is 9.71. The van der Waals surface area contributed by atoms with E-state index in [1.165, 1.54) is 12.8 Å². The van der Waals surface area contributed by atoms with Crippen molar-refractivity contribution < 1.29 is 9.53 Å². The summed E-state index contributed by atoms with van der Waals surface area (Å²) in [5.74, 6) is 1.51. The van der Waals surface area contributed by atoms with Crippen molar-refractivity contribution in [2.45, 2.75) is 58.4 Å². The summed E-state index contributed by atoms with van der Waals surface area (Å²) in [7, 11) is 1.97. The number of carbonyl (C=O) groups excluding carboxylic acids is 1. The smallest absolute Gasteiger partial charge is 0.307 e. The predicted molar refractivity (Wildman–Crippen MR) is 69.8 cm³/mol. The van der Waals surface area contributed by atoms with Crippen molar-refractivity contribution in [2.75, 3.05) is 13.7 Å². The standard InChI is InChI=1S/C14H27NO2/c1-5-17-13(16)10-14(15-4)8-6-12(7-9-14)11(2)3/h11-12,15H,5-10H2,1-4H3. The maximum Gasteiger partial charge on any atom is 0.307 e. The largest absolute Gasteiger partial charge is 0.466 e. The molecular formula is C14H27NO2. The fraction of sp³-hybridized carbons (Fsp3) is 0.929. The van der Waals surface area contributed by atoms with Crippen molar-refractivity contribution in [3.63, 3.8) is 0 Å². The Morgan fingerprint density at radius 1 is 1.41 bits per heavy atom. The van der Waals surface area contributed by atoms with Gasteiger partial charge in [-0.25, -0.2) is 0 Å². The molecule has 0 spiro atoms. The first-order valence-electron chi connectivity index (χ1n) is 6.87. The highest BCUT2D eigenvalue weighted by Crippen LogP contribution is 2.37. The zero-order valence-corrected chi connectivity index (χ0v) is 11.7. The number of esters is 1. The quantitative estimate of drug-likeness (QED) is 0.752. The van der Waals surface area contributed by atoms with E-state index in [9.17, 15) is 4.79 Å². The van der Waals surface area contributed by atoms with Crippen molar-refractivity contribution in [1.82, 2.24) is 5.32 Å². The molecule has 0 amide bonds. The van der Waals surface area contributed by atoms with Gasteiger partial charge in [0.15, 0.2) is 0 Å². The number of hydrogen-bond donors (Lipinski definition) is 1. The summed E-state index contributed by atoms with van der Waals surface area (Å²) in [4.78, 5) is 11.6. The van der Waals surface area contributed by atoms with Crippen LogP contribution >= 0.6 is 0 Å². The maximum atomic E-state index is 11.6. The molecule has 1 aliphatic rings. The molecule has 0 radical (unpaired) electrons. The summed E-state index contributed by atoms with van der Waals surface area (Å²) in [6.45, 7) is 6.93. The van der Waals surface area contributed by atoms with E-state index in [-0.39, 0.29) is 11.5 Å². The molecule has 1 aliphatic carbocycles. The lowest BCUT2D eigenvalue weighted by Crippen LogP contribution is -2.48. The van der Waals surface area contributed by atoms with Crippen LogP contribution < -0.4 is 5.32 Å². The minimum atomic E-state index is -0.0650. The Balaban J connectivity index is 2.52. The van der Waals surface area contributed by atoms with Gasteiger partial charge in [0.05, 0.1) is 13.0 Å². The molecule has 0 unspecified atom stereocenters. The van der Waals surface area contributed by atoms with Crippen LogP contribution in [0.5, 0.6) is 0 Å². The number of hydrogen-bond acceptors (Lipinski definition) is 3. The van der Waals surface area contributed by atoms with Crippen LogP contribution in [0, 0.1) is 11.8 Å². The Bertz CT molecular complexity index is 243. The van der Waals surface area contributed by atoms with E-state index >= 15 is 0 Å². The van der Waals surface area contributed by atoms with Gasteiger partial charge in [0.1, 0.15) is 0 Å². The van der Waals surface area contributed by atoms with E-state index < -0.39 is 0 Å². The molecular weight excluding hydrogens is 214 g/mol. The van der Waals surface area contributed by atoms with Crippen molar-refractivity contribution in [1.29, 1.82) is 0 Å². The second kappa shape index (κ2) is 6.39. The van der Waals surface area contributed by atoms with E-state index in [0.717, 1.165) is 24.7 Å². The third-order valence-electron chi connectivity index (χ3n) is 4.25. The lowest BCUT2D eigenvalue weighted by Gasteiger charge is -2.40. The SMILES string of the molecule is CCOC(=O)CC1(NC)CCC(C(C)C)CC1. The molecule has 1 rings (SSSR count). The molecule has 0 aromatic heterocycles. The van der Waals surface area contributed by atoms with Gasteiger partial charge in [-0.15, -0.1) is 0 Å². The van der Waals surface area contributed by atoms with E-state index in [2.05, 4.69) is 19.2 Å². The molecule has 0 aromatic rings. The maximum absolute atomic E-state index is 11.6. The van der Waals surface area contributed by atoms with Gasteiger partial charge in [0.2, 0.25) is 0 Å². The third kappa shape index (κ3) is 3.98. The van der Waals surface area contributed by atoms with Gasteiger partial charge in [0, 0.05) is 5.54 Å². The molecule has 100 valence electrons. The lowest BCUT2D eigenvalue weighted by molar-refractivity contribution is -0.145. The van der Waals surface area contributed by atoms with E-state index in [4.69, 9.17) is 4.74 Å². The molecule has 0 aliphatic heterocycles. The van der Waals surface area contributed by atoms with Gasteiger partial charge in [-0.2, -0.15) is 0 Å². The van der Waals surface area contributed by atoms with Crippen molar-refractivity contribution in [3.05, 3.63) is 0 Å². The zero-order chi connectivity index (χ0) is 12.9.